The molecule has 0 spiro atoms. The maximum absolute atomic E-state index is 11.8. The standard InChI is InChI=1S/C13H15N5O4S2/c14-10-7-12(20)18-13(17-10)23-6-5-11(19)16-8-1-3-9(4-2-8)24(15,21)22/h1-4,7H,5-6H2,(H,16,19)(H2,15,21,22)(H3,14,17,18,20). The number of hydrogen-bond acceptors (Lipinski definition) is 7. The monoisotopic (exact) mass is 369 g/mol. The lowest BCUT2D eigenvalue weighted by atomic mass is 10.3. The Morgan fingerprint density at radius 2 is 1.96 bits per heavy atom. The zero-order valence-electron chi connectivity index (χ0n) is 12.4. The highest BCUT2D eigenvalue weighted by Gasteiger charge is 2.08. The number of benzene rings is 1. The zero-order valence-corrected chi connectivity index (χ0v) is 14.0. The van der Waals surface area contributed by atoms with Gasteiger partial charge in [0.15, 0.2) is 5.16 Å². The van der Waals surface area contributed by atoms with Gasteiger partial charge >= 0.3 is 0 Å². The molecular formula is C13H15N5O4S2. The first-order chi connectivity index (χ1) is 11.2. The van der Waals surface area contributed by atoms with Crippen molar-refractivity contribution in [3.8, 4) is 0 Å². The number of carbonyl (C=O) groups is 1. The first-order valence-corrected chi connectivity index (χ1v) is 9.19. The van der Waals surface area contributed by atoms with Gasteiger partial charge in [-0.25, -0.2) is 18.5 Å². The Hall–Kier alpha value is -2.37. The van der Waals surface area contributed by atoms with Crippen molar-refractivity contribution in [2.45, 2.75) is 16.5 Å². The summed E-state index contributed by atoms with van der Waals surface area (Å²) in [5.41, 5.74) is 5.56. The predicted octanol–water partition coefficient (Wildman–Crippen LogP) is 0.120. The molecule has 0 unspecified atom stereocenters. The molecule has 0 aliphatic rings. The van der Waals surface area contributed by atoms with Gasteiger partial charge in [0.25, 0.3) is 5.56 Å². The minimum absolute atomic E-state index is 0.0345. The van der Waals surface area contributed by atoms with Crippen molar-refractivity contribution in [3.05, 3.63) is 40.7 Å². The third-order valence-electron chi connectivity index (χ3n) is 2.77. The number of anilines is 2. The van der Waals surface area contributed by atoms with Crippen LogP contribution < -0.4 is 21.7 Å². The number of nitrogens with zero attached hydrogens (tertiary/aromatic N) is 1. The molecule has 0 radical (unpaired) electrons. The summed E-state index contributed by atoms with van der Waals surface area (Å²) in [6.07, 6.45) is 0.167. The number of nitrogens with two attached hydrogens (primary N) is 2. The molecule has 0 saturated carbocycles. The van der Waals surface area contributed by atoms with E-state index in [1.165, 1.54) is 42.1 Å². The van der Waals surface area contributed by atoms with Crippen molar-refractivity contribution in [1.82, 2.24) is 9.97 Å². The fourth-order valence-corrected chi connectivity index (χ4v) is 3.05. The number of aromatic nitrogens is 2. The predicted molar refractivity (Wildman–Crippen MR) is 91.1 cm³/mol. The van der Waals surface area contributed by atoms with Crippen LogP contribution >= 0.6 is 11.8 Å². The second kappa shape index (κ2) is 7.47. The molecular weight excluding hydrogens is 354 g/mol. The molecule has 0 bridgehead atoms. The number of carbonyl (C=O) groups excluding carboxylic acids is 1. The van der Waals surface area contributed by atoms with E-state index < -0.39 is 10.0 Å². The molecule has 0 aliphatic heterocycles. The maximum Gasteiger partial charge on any atom is 0.253 e. The van der Waals surface area contributed by atoms with Gasteiger partial charge in [-0.2, -0.15) is 0 Å². The third kappa shape index (κ3) is 5.37. The number of nitrogens with one attached hydrogen (secondary N) is 2. The van der Waals surface area contributed by atoms with Crippen LogP contribution in [0, 0.1) is 0 Å². The second-order valence-electron chi connectivity index (χ2n) is 4.69. The number of hydrogen-bond donors (Lipinski definition) is 4. The van der Waals surface area contributed by atoms with Crippen molar-refractivity contribution in [1.29, 1.82) is 0 Å². The Balaban J connectivity index is 1.86. The van der Waals surface area contributed by atoms with Crippen LogP contribution in [-0.2, 0) is 14.8 Å². The van der Waals surface area contributed by atoms with Crippen LogP contribution in [0.3, 0.4) is 0 Å². The Labute approximate surface area is 141 Å². The van der Waals surface area contributed by atoms with Gasteiger partial charge in [-0.15, -0.1) is 0 Å². The average molecular weight is 369 g/mol. The summed E-state index contributed by atoms with van der Waals surface area (Å²) in [6.45, 7) is 0. The fourth-order valence-electron chi connectivity index (χ4n) is 1.71. The van der Waals surface area contributed by atoms with Gasteiger partial charge in [-0.1, -0.05) is 11.8 Å². The highest BCUT2D eigenvalue weighted by atomic mass is 32.2. The minimum Gasteiger partial charge on any atom is -0.383 e. The van der Waals surface area contributed by atoms with E-state index in [4.69, 9.17) is 10.9 Å². The summed E-state index contributed by atoms with van der Waals surface area (Å²) in [5.74, 6) is 0.228. The van der Waals surface area contributed by atoms with Gasteiger partial charge in [-0.3, -0.25) is 9.59 Å². The highest BCUT2D eigenvalue weighted by Crippen LogP contribution is 2.15. The molecule has 1 amide bonds. The van der Waals surface area contributed by atoms with Gasteiger partial charge in [0.05, 0.1) is 4.90 Å². The van der Waals surface area contributed by atoms with E-state index in [0.29, 0.717) is 16.6 Å². The molecule has 1 aromatic carbocycles. The molecule has 6 N–H and O–H groups in total. The van der Waals surface area contributed by atoms with Crippen LogP contribution in [0.5, 0.6) is 0 Å². The minimum atomic E-state index is -3.76. The summed E-state index contributed by atoms with van der Waals surface area (Å²) in [6, 6.07) is 6.67. The lowest BCUT2D eigenvalue weighted by Crippen LogP contribution is -2.14. The molecule has 24 heavy (non-hydrogen) atoms. The van der Waals surface area contributed by atoms with E-state index in [-0.39, 0.29) is 28.6 Å². The largest absolute Gasteiger partial charge is 0.383 e. The topological polar surface area (TPSA) is 161 Å². The molecule has 2 rings (SSSR count). The van der Waals surface area contributed by atoms with Crippen molar-refractivity contribution in [2.75, 3.05) is 16.8 Å². The van der Waals surface area contributed by atoms with E-state index >= 15 is 0 Å². The van der Waals surface area contributed by atoms with Gasteiger partial charge in [0, 0.05) is 23.9 Å². The van der Waals surface area contributed by atoms with E-state index in [1.54, 1.807) is 0 Å². The average Bonchev–Trinajstić information content (AvgIpc) is 2.45. The first-order valence-electron chi connectivity index (χ1n) is 6.66. The summed E-state index contributed by atoms with van der Waals surface area (Å²) >= 11 is 1.19. The second-order valence-corrected chi connectivity index (χ2v) is 7.34. The lowest BCUT2D eigenvalue weighted by Gasteiger charge is -2.06. The number of primary sulfonamides is 1. The van der Waals surface area contributed by atoms with Gasteiger partial charge in [0.2, 0.25) is 15.9 Å². The molecule has 1 aromatic heterocycles. The number of thioether (sulfide) groups is 1. The molecule has 1 heterocycles. The van der Waals surface area contributed by atoms with E-state index in [2.05, 4.69) is 15.3 Å². The number of aromatic amines is 1. The SMILES string of the molecule is Nc1cc(=O)[nH]c(SCCC(=O)Nc2ccc(S(N)(=O)=O)cc2)n1. The number of rotatable bonds is 6. The van der Waals surface area contributed by atoms with Crippen LogP contribution in [0.1, 0.15) is 6.42 Å². The van der Waals surface area contributed by atoms with Crippen molar-refractivity contribution >= 4 is 39.2 Å². The molecule has 0 fully saturated rings. The molecule has 11 heteroatoms. The van der Waals surface area contributed by atoms with Crippen LogP contribution in [-0.4, -0.2) is 30.0 Å². The van der Waals surface area contributed by atoms with Gasteiger partial charge in [0.1, 0.15) is 5.82 Å². The highest BCUT2D eigenvalue weighted by molar-refractivity contribution is 7.99. The van der Waals surface area contributed by atoms with Crippen LogP contribution in [0.25, 0.3) is 0 Å². The molecule has 0 saturated heterocycles. The number of H-pyrrole nitrogens is 1. The Bertz CT molecular complexity index is 893. The summed E-state index contributed by atoms with van der Waals surface area (Å²) < 4.78 is 22.3. The number of amides is 1. The molecule has 9 nitrogen and oxygen atoms in total. The van der Waals surface area contributed by atoms with Crippen molar-refractivity contribution in [3.63, 3.8) is 0 Å². The normalized spacial score (nSPS) is 11.2. The van der Waals surface area contributed by atoms with Crippen molar-refractivity contribution < 1.29 is 13.2 Å². The summed E-state index contributed by atoms with van der Waals surface area (Å²) in [5, 5.41) is 7.96. The van der Waals surface area contributed by atoms with Crippen LogP contribution in [0.4, 0.5) is 11.5 Å². The fraction of sp³-hybridized carbons (Fsp3) is 0.154. The van der Waals surface area contributed by atoms with Gasteiger partial charge in [-0.05, 0) is 24.3 Å². The molecule has 0 atom stereocenters. The molecule has 2 aromatic rings. The van der Waals surface area contributed by atoms with Crippen LogP contribution in [0.2, 0.25) is 0 Å². The summed E-state index contributed by atoms with van der Waals surface area (Å²) in [4.78, 5) is 29.5. The summed E-state index contributed by atoms with van der Waals surface area (Å²) in [7, 11) is -3.76. The third-order valence-corrected chi connectivity index (χ3v) is 4.58. The molecule has 128 valence electrons. The quantitative estimate of drug-likeness (QED) is 0.415. The van der Waals surface area contributed by atoms with E-state index in [9.17, 15) is 18.0 Å². The van der Waals surface area contributed by atoms with Crippen molar-refractivity contribution in [2.24, 2.45) is 5.14 Å². The Morgan fingerprint density at radius 1 is 1.29 bits per heavy atom. The number of nitrogen functional groups attached to an aromatic ring is 1. The Morgan fingerprint density at radius 3 is 2.54 bits per heavy atom. The smallest absolute Gasteiger partial charge is 0.253 e. The molecule has 0 aliphatic carbocycles. The zero-order chi connectivity index (χ0) is 17.7. The van der Waals surface area contributed by atoms with E-state index in [1.807, 2.05) is 0 Å². The van der Waals surface area contributed by atoms with Crippen LogP contribution in [0.15, 0.2) is 45.2 Å². The van der Waals surface area contributed by atoms with E-state index in [0.717, 1.165) is 0 Å². The number of sulfonamides is 1. The first kappa shape index (κ1) is 18.0. The lowest BCUT2D eigenvalue weighted by molar-refractivity contribution is -0.115. The van der Waals surface area contributed by atoms with Gasteiger partial charge < -0.3 is 16.0 Å². The Kier molecular flexibility index (Phi) is 5.59. The maximum atomic E-state index is 11.8.